The summed E-state index contributed by atoms with van der Waals surface area (Å²) < 4.78 is 1.54. The molecule has 94 valence electrons. The zero-order valence-corrected chi connectivity index (χ0v) is 10.4. The fourth-order valence-electron chi connectivity index (χ4n) is 2.14. The Morgan fingerprint density at radius 1 is 1.35 bits per heavy atom. The zero-order chi connectivity index (χ0) is 12.1. The number of rotatable bonds is 5. The van der Waals surface area contributed by atoms with Crippen molar-refractivity contribution < 1.29 is 0 Å². The number of likely N-dealkylation sites (tertiary alicyclic amines) is 1. The van der Waals surface area contributed by atoms with Crippen LogP contribution in [0.5, 0.6) is 0 Å². The van der Waals surface area contributed by atoms with Crippen LogP contribution in [0.25, 0.3) is 0 Å². The van der Waals surface area contributed by atoms with Gasteiger partial charge in [0.05, 0.1) is 18.4 Å². The van der Waals surface area contributed by atoms with Crippen molar-refractivity contribution in [1.82, 2.24) is 14.7 Å². The van der Waals surface area contributed by atoms with Crippen LogP contribution in [0.1, 0.15) is 19.8 Å². The van der Waals surface area contributed by atoms with Gasteiger partial charge in [0.2, 0.25) is 0 Å². The second-order valence-corrected chi connectivity index (χ2v) is 4.38. The van der Waals surface area contributed by atoms with Gasteiger partial charge in [0, 0.05) is 19.2 Å². The second-order valence-electron chi connectivity index (χ2n) is 4.38. The maximum atomic E-state index is 11.8. The Balaban J connectivity index is 1.93. The molecule has 1 aromatic heterocycles. The van der Waals surface area contributed by atoms with Crippen LogP contribution in [0.4, 0.5) is 5.69 Å². The smallest absolute Gasteiger partial charge is 0.268 e. The summed E-state index contributed by atoms with van der Waals surface area (Å²) in [5, 5.41) is 7.26. The van der Waals surface area contributed by atoms with Gasteiger partial charge in [0.15, 0.2) is 0 Å². The standard InChI is InChI=1S/C12H20N4O/c1-2-13-11-9-12(17)16(14-10-11)8-7-15-5-3-4-6-15/h9-10,13H,2-8H2,1H3. The normalized spacial score (nSPS) is 16.3. The number of hydrogen-bond acceptors (Lipinski definition) is 4. The van der Waals surface area contributed by atoms with E-state index >= 15 is 0 Å². The molecule has 0 spiro atoms. The SMILES string of the molecule is CCNc1cnn(CCN2CCCC2)c(=O)c1. The molecule has 5 nitrogen and oxygen atoms in total. The van der Waals surface area contributed by atoms with Crippen molar-refractivity contribution in [2.75, 3.05) is 31.5 Å². The Morgan fingerprint density at radius 3 is 2.76 bits per heavy atom. The lowest BCUT2D eigenvalue weighted by molar-refractivity contribution is 0.312. The average molecular weight is 236 g/mol. The number of aromatic nitrogens is 2. The summed E-state index contributed by atoms with van der Waals surface area (Å²) in [5.41, 5.74) is 0.776. The van der Waals surface area contributed by atoms with Crippen molar-refractivity contribution in [3.63, 3.8) is 0 Å². The highest BCUT2D eigenvalue weighted by Gasteiger charge is 2.11. The molecule has 0 atom stereocenters. The fraction of sp³-hybridized carbons (Fsp3) is 0.667. The molecule has 0 aliphatic carbocycles. The first-order chi connectivity index (χ1) is 8.29. The van der Waals surface area contributed by atoms with Crippen LogP contribution in [-0.2, 0) is 6.54 Å². The van der Waals surface area contributed by atoms with E-state index in [2.05, 4.69) is 15.3 Å². The Kier molecular flexibility index (Phi) is 4.14. The molecular weight excluding hydrogens is 216 g/mol. The molecule has 1 aliphatic rings. The van der Waals surface area contributed by atoms with Crippen LogP contribution in [-0.4, -0.2) is 40.9 Å². The summed E-state index contributed by atoms with van der Waals surface area (Å²) in [6.45, 7) is 6.73. The Hall–Kier alpha value is -1.36. The van der Waals surface area contributed by atoms with E-state index in [4.69, 9.17) is 0 Å². The van der Waals surface area contributed by atoms with Crippen molar-refractivity contribution in [1.29, 1.82) is 0 Å². The predicted molar refractivity (Wildman–Crippen MR) is 68.3 cm³/mol. The van der Waals surface area contributed by atoms with E-state index in [-0.39, 0.29) is 5.56 Å². The third-order valence-corrected chi connectivity index (χ3v) is 3.08. The highest BCUT2D eigenvalue weighted by atomic mass is 16.1. The average Bonchev–Trinajstić information content (AvgIpc) is 2.81. The van der Waals surface area contributed by atoms with Gasteiger partial charge in [0.25, 0.3) is 5.56 Å². The minimum absolute atomic E-state index is 0.0253. The summed E-state index contributed by atoms with van der Waals surface area (Å²) in [6, 6.07) is 1.61. The maximum Gasteiger partial charge on any atom is 0.268 e. The minimum Gasteiger partial charge on any atom is -0.384 e. The van der Waals surface area contributed by atoms with Crippen LogP contribution >= 0.6 is 0 Å². The van der Waals surface area contributed by atoms with E-state index in [0.717, 1.165) is 31.9 Å². The summed E-state index contributed by atoms with van der Waals surface area (Å²) in [5.74, 6) is 0. The quantitative estimate of drug-likeness (QED) is 0.820. The van der Waals surface area contributed by atoms with Crippen molar-refractivity contribution in [2.24, 2.45) is 0 Å². The third kappa shape index (κ3) is 3.30. The largest absolute Gasteiger partial charge is 0.384 e. The fourth-order valence-corrected chi connectivity index (χ4v) is 2.14. The van der Waals surface area contributed by atoms with Gasteiger partial charge < -0.3 is 10.2 Å². The highest BCUT2D eigenvalue weighted by molar-refractivity contribution is 5.38. The second kappa shape index (κ2) is 5.82. The van der Waals surface area contributed by atoms with E-state index in [1.165, 1.54) is 12.8 Å². The van der Waals surface area contributed by atoms with Crippen molar-refractivity contribution in [3.05, 3.63) is 22.6 Å². The van der Waals surface area contributed by atoms with Gasteiger partial charge in [-0.2, -0.15) is 5.10 Å². The number of anilines is 1. The Labute approximate surface area is 101 Å². The number of nitrogens with zero attached hydrogens (tertiary/aromatic N) is 3. The van der Waals surface area contributed by atoms with Crippen LogP contribution in [0.3, 0.4) is 0 Å². The predicted octanol–water partition coefficient (Wildman–Crippen LogP) is 0.771. The zero-order valence-electron chi connectivity index (χ0n) is 10.4. The van der Waals surface area contributed by atoms with Gasteiger partial charge >= 0.3 is 0 Å². The molecule has 0 saturated carbocycles. The first kappa shape index (κ1) is 12.1. The molecule has 1 aliphatic heterocycles. The molecule has 0 bridgehead atoms. The highest BCUT2D eigenvalue weighted by Crippen LogP contribution is 2.06. The van der Waals surface area contributed by atoms with E-state index in [1.807, 2.05) is 6.92 Å². The van der Waals surface area contributed by atoms with Gasteiger partial charge in [-0.15, -0.1) is 0 Å². The minimum atomic E-state index is -0.0253. The summed E-state index contributed by atoms with van der Waals surface area (Å²) in [6.07, 6.45) is 4.28. The van der Waals surface area contributed by atoms with Crippen LogP contribution < -0.4 is 10.9 Å². The van der Waals surface area contributed by atoms with Gasteiger partial charge in [-0.3, -0.25) is 4.79 Å². The lowest BCUT2D eigenvalue weighted by Crippen LogP contribution is -2.30. The van der Waals surface area contributed by atoms with Gasteiger partial charge in [-0.05, 0) is 32.9 Å². The first-order valence-electron chi connectivity index (χ1n) is 6.33. The van der Waals surface area contributed by atoms with Gasteiger partial charge in [-0.1, -0.05) is 0 Å². The molecule has 0 radical (unpaired) electrons. The molecule has 1 fully saturated rings. The summed E-state index contributed by atoms with van der Waals surface area (Å²) in [7, 11) is 0. The first-order valence-corrected chi connectivity index (χ1v) is 6.33. The molecule has 0 unspecified atom stereocenters. The lowest BCUT2D eigenvalue weighted by Gasteiger charge is -2.14. The molecular formula is C12H20N4O. The summed E-state index contributed by atoms with van der Waals surface area (Å²) in [4.78, 5) is 14.1. The van der Waals surface area contributed by atoms with Gasteiger partial charge in [-0.25, -0.2) is 4.68 Å². The van der Waals surface area contributed by atoms with E-state index in [9.17, 15) is 4.79 Å². The van der Waals surface area contributed by atoms with Crippen molar-refractivity contribution in [3.8, 4) is 0 Å². The molecule has 0 amide bonds. The lowest BCUT2D eigenvalue weighted by atomic mass is 10.4. The van der Waals surface area contributed by atoms with Gasteiger partial charge in [0.1, 0.15) is 0 Å². The van der Waals surface area contributed by atoms with E-state index < -0.39 is 0 Å². The molecule has 2 rings (SSSR count). The number of nitrogens with one attached hydrogen (secondary N) is 1. The molecule has 1 N–H and O–H groups in total. The van der Waals surface area contributed by atoms with E-state index in [0.29, 0.717) is 6.54 Å². The third-order valence-electron chi connectivity index (χ3n) is 3.08. The van der Waals surface area contributed by atoms with Crippen LogP contribution in [0.2, 0.25) is 0 Å². The molecule has 1 saturated heterocycles. The molecule has 2 heterocycles. The van der Waals surface area contributed by atoms with Crippen molar-refractivity contribution in [2.45, 2.75) is 26.3 Å². The number of hydrogen-bond donors (Lipinski definition) is 1. The maximum absolute atomic E-state index is 11.8. The van der Waals surface area contributed by atoms with Crippen LogP contribution in [0, 0.1) is 0 Å². The van der Waals surface area contributed by atoms with E-state index in [1.54, 1.807) is 16.9 Å². The Morgan fingerprint density at radius 2 is 2.12 bits per heavy atom. The topological polar surface area (TPSA) is 50.2 Å². The Bertz CT molecular complexity index is 409. The van der Waals surface area contributed by atoms with Crippen molar-refractivity contribution >= 4 is 5.69 Å². The van der Waals surface area contributed by atoms with Crippen LogP contribution in [0.15, 0.2) is 17.1 Å². The summed E-state index contributed by atoms with van der Waals surface area (Å²) >= 11 is 0. The molecule has 0 aromatic carbocycles. The molecule has 5 heteroatoms. The molecule has 1 aromatic rings. The molecule has 17 heavy (non-hydrogen) atoms. The monoisotopic (exact) mass is 236 g/mol.